The van der Waals surface area contributed by atoms with Crippen LogP contribution in [0.15, 0.2) is 30.5 Å². The van der Waals surface area contributed by atoms with Crippen molar-refractivity contribution in [2.24, 2.45) is 5.92 Å². The fraction of sp³-hybridized carbons (Fsp3) is 0.565. The van der Waals surface area contributed by atoms with Crippen LogP contribution in [-0.2, 0) is 20.9 Å². The summed E-state index contributed by atoms with van der Waals surface area (Å²) in [5.74, 6) is 0.361. The van der Waals surface area contributed by atoms with Gasteiger partial charge in [0.05, 0.1) is 17.9 Å². The molecule has 3 rings (SSSR count). The normalized spacial score (nSPS) is 21.3. The molecule has 1 saturated heterocycles. The fourth-order valence-corrected chi connectivity index (χ4v) is 3.88. The second kappa shape index (κ2) is 10.0. The van der Waals surface area contributed by atoms with E-state index in [9.17, 15) is 9.59 Å². The third kappa shape index (κ3) is 6.13. The van der Waals surface area contributed by atoms with E-state index in [1.54, 1.807) is 10.9 Å². The molecule has 3 atom stereocenters. The number of rotatable bonds is 7. The van der Waals surface area contributed by atoms with Crippen molar-refractivity contribution in [3.63, 3.8) is 0 Å². The Morgan fingerprint density at radius 3 is 2.58 bits per heavy atom. The van der Waals surface area contributed by atoms with Crippen LogP contribution >= 0.6 is 0 Å². The van der Waals surface area contributed by atoms with Gasteiger partial charge in [0.25, 0.3) is 0 Å². The van der Waals surface area contributed by atoms with Crippen molar-refractivity contribution in [1.82, 2.24) is 20.3 Å². The first kappa shape index (κ1) is 22.9. The Morgan fingerprint density at radius 2 is 1.94 bits per heavy atom. The number of nitrogens with one attached hydrogen (secondary N) is 2. The highest BCUT2D eigenvalue weighted by atomic mass is 16.5. The van der Waals surface area contributed by atoms with E-state index in [-0.39, 0.29) is 42.5 Å². The third-order valence-corrected chi connectivity index (χ3v) is 5.54. The Balaban J connectivity index is 1.75. The number of carbonyl (C=O) groups is 2. The number of benzene rings is 1. The molecular formula is C23H33N5O3. The molecule has 0 radical (unpaired) electrons. The van der Waals surface area contributed by atoms with Crippen molar-refractivity contribution in [1.29, 1.82) is 0 Å². The summed E-state index contributed by atoms with van der Waals surface area (Å²) >= 11 is 0. The van der Waals surface area contributed by atoms with E-state index in [4.69, 9.17) is 4.74 Å². The molecule has 1 aliphatic heterocycles. The molecule has 0 unspecified atom stereocenters. The number of carbonyl (C=O) groups excluding carboxylic acids is 2. The van der Waals surface area contributed by atoms with Gasteiger partial charge in [-0.05, 0) is 30.7 Å². The number of aromatic nitrogens is 3. The number of amides is 2. The Kier molecular flexibility index (Phi) is 7.43. The molecule has 0 spiro atoms. The lowest BCUT2D eigenvalue weighted by Gasteiger charge is -2.38. The highest BCUT2D eigenvalue weighted by Gasteiger charge is 2.33. The highest BCUT2D eigenvalue weighted by molar-refractivity contribution is 5.91. The van der Waals surface area contributed by atoms with Gasteiger partial charge in [-0.25, -0.2) is 4.68 Å². The number of ether oxygens (including phenoxy) is 1. The molecule has 2 amide bonds. The lowest BCUT2D eigenvalue weighted by Crippen LogP contribution is -2.43. The molecule has 0 saturated carbocycles. The second-order valence-corrected chi connectivity index (χ2v) is 8.91. The maximum absolute atomic E-state index is 12.7. The van der Waals surface area contributed by atoms with E-state index in [1.807, 2.05) is 38.1 Å². The van der Waals surface area contributed by atoms with Crippen LogP contribution in [0.2, 0.25) is 0 Å². The van der Waals surface area contributed by atoms with Gasteiger partial charge in [-0.15, -0.1) is 5.10 Å². The van der Waals surface area contributed by atoms with E-state index in [2.05, 4.69) is 34.8 Å². The summed E-state index contributed by atoms with van der Waals surface area (Å²) in [6.45, 7) is 9.94. The molecule has 2 heterocycles. The minimum absolute atomic E-state index is 0.0314. The maximum Gasteiger partial charge on any atom is 0.246 e. The Morgan fingerprint density at radius 1 is 1.19 bits per heavy atom. The zero-order chi connectivity index (χ0) is 22.5. The smallest absolute Gasteiger partial charge is 0.246 e. The summed E-state index contributed by atoms with van der Waals surface area (Å²) < 4.78 is 7.93. The number of nitrogens with zero attached hydrogens (tertiary/aromatic N) is 3. The summed E-state index contributed by atoms with van der Waals surface area (Å²) in [6.07, 6.45) is 3.06. The minimum Gasteiger partial charge on any atom is -0.370 e. The highest BCUT2D eigenvalue weighted by Crippen LogP contribution is 2.37. The second-order valence-electron chi connectivity index (χ2n) is 8.91. The molecule has 1 aromatic carbocycles. The summed E-state index contributed by atoms with van der Waals surface area (Å²) in [4.78, 5) is 24.3. The first-order chi connectivity index (χ1) is 14.7. The number of hydrogen-bond donors (Lipinski definition) is 2. The largest absolute Gasteiger partial charge is 0.370 e. The predicted octanol–water partition coefficient (Wildman–Crippen LogP) is 3.42. The van der Waals surface area contributed by atoms with Gasteiger partial charge in [0.1, 0.15) is 6.54 Å². The molecule has 8 heteroatoms. The van der Waals surface area contributed by atoms with Gasteiger partial charge in [-0.3, -0.25) is 9.59 Å². The average molecular weight is 428 g/mol. The molecule has 8 nitrogen and oxygen atoms in total. The summed E-state index contributed by atoms with van der Waals surface area (Å²) in [7, 11) is 0. The van der Waals surface area contributed by atoms with Gasteiger partial charge in [0, 0.05) is 30.4 Å². The van der Waals surface area contributed by atoms with Gasteiger partial charge in [0.15, 0.2) is 0 Å². The van der Waals surface area contributed by atoms with Crippen molar-refractivity contribution >= 4 is 17.5 Å². The van der Waals surface area contributed by atoms with Crippen LogP contribution in [0.25, 0.3) is 0 Å². The summed E-state index contributed by atoms with van der Waals surface area (Å²) in [6, 6.07) is 7.72. The van der Waals surface area contributed by atoms with Gasteiger partial charge < -0.3 is 15.4 Å². The number of para-hydroxylation sites is 1. The van der Waals surface area contributed by atoms with Crippen molar-refractivity contribution in [3.05, 3.63) is 41.7 Å². The van der Waals surface area contributed by atoms with Crippen LogP contribution in [-0.4, -0.2) is 39.0 Å². The van der Waals surface area contributed by atoms with Crippen molar-refractivity contribution in [2.45, 2.75) is 78.2 Å². The average Bonchev–Trinajstić information content (AvgIpc) is 3.16. The van der Waals surface area contributed by atoms with Crippen LogP contribution in [0.4, 0.5) is 5.69 Å². The molecule has 31 heavy (non-hydrogen) atoms. The molecule has 0 bridgehead atoms. The fourth-order valence-electron chi connectivity index (χ4n) is 3.88. The monoisotopic (exact) mass is 427 g/mol. The molecule has 168 valence electrons. The molecule has 1 aliphatic rings. The predicted molar refractivity (Wildman–Crippen MR) is 118 cm³/mol. The maximum atomic E-state index is 12.7. The van der Waals surface area contributed by atoms with Crippen LogP contribution < -0.4 is 10.6 Å². The SMILES string of the molecule is CC(=O)N[C@H]1C[C@@H](c2ccccc2NC(=O)Cn2cc(C(C)C)nn2)O[C@@H](C(C)C)C1. The molecular weight excluding hydrogens is 394 g/mol. The van der Waals surface area contributed by atoms with Crippen molar-refractivity contribution in [2.75, 3.05) is 5.32 Å². The zero-order valence-corrected chi connectivity index (χ0v) is 19.0. The first-order valence-corrected chi connectivity index (χ1v) is 10.9. The standard InChI is InChI=1S/C23H33N5O3/c1-14(2)20-12-28(27-26-20)13-23(30)25-19-9-7-6-8-18(19)22-11-17(24-16(5)29)10-21(31-22)15(3)4/h6-9,12,14-15,17,21-22H,10-11,13H2,1-5H3,(H,24,29)(H,25,30)/t17-,21-,22+/m1/s1. The topological polar surface area (TPSA) is 98.1 Å². The van der Waals surface area contributed by atoms with Crippen LogP contribution in [0.1, 0.15) is 70.7 Å². The lowest BCUT2D eigenvalue weighted by molar-refractivity contribution is -0.123. The van der Waals surface area contributed by atoms with Gasteiger partial charge >= 0.3 is 0 Å². The van der Waals surface area contributed by atoms with E-state index in [0.29, 0.717) is 18.0 Å². The Labute approximate surface area is 183 Å². The number of hydrogen-bond acceptors (Lipinski definition) is 5. The minimum atomic E-state index is -0.214. The van der Waals surface area contributed by atoms with E-state index >= 15 is 0 Å². The quantitative estimate of drug-likeness (QED) is 0.706. The van der Waals surface area contributed by atoms with Gasteiger partial charge in [0.2, 0.25) is 11.8 Å². The molecule has 0 aliphatic carbocycles. The van der Waals surface area contributed by atoms with Crippen molar-refractivity contribution < 1.29 is 14.3 Å². The van der Waals surface area contributed by atoms with E-state index < -0.39 is 0 Å². The Bertz CT molecular complexity index is 908. The summed E-state index contributed by atoms with van der Waals surface area (Å²) in [5, 5.41) is 14.2. The molecule has 1 aromatic heterocycles. The first-order valence-electron chi connectivity index (χ1n) is 10.9. The lowest BCUT2D eigenvalue weighted by atomic mass is 9.89. The van der Waals surface area contributed by atoms with Crippen LogP contribution in [0.3, 0.4) is 0 Å². The van der Waals surface area contributed by atoms with Crippen molar-refractivity contribution in [3.8, 4) is 0 Å². The molecule has 2 aromatic rings. The Hall–Kier alpha value is -2.74. The third-order valence-electron chi connectivity index (χ3n) is 5.54. The van der Waals surface area contributed by atoms with Crippen LogP contribution in [0.5, 0.6) is 0 Å². The molecule has 2 N–H and O–H groups in total. The van der Waals surface area contributed by atoms with E-state index in [1.165, 1.54) is 6.92 Å². The summed E-state index contributed by atoms with van der Waals surface area (Å²) in [5.41, 5.74) is 2.48. The number of anilines is 1. The van der Waals surface area contributed by atoms with E-state index in [0.717, 1.165) is 17.7 Å². The van der Waals surface area contributed by atoms with Gasteiger partial charge in [-0.2, -0.15) is 0 Å². The molecule has 1 fully saturated rings. The van der Waals surface area contributed by atoms with Crippen LogP contribution in [0, 0.1) is 5.92 Å². The zero-order valence-electron chi connectivity index (χ0n) is 19.0. The van der Waals surface area contributed by atoms with Gasteiger partial charge in [-0.1, -0.05) is 51.1 Å².